The van der Waals surface area contributed by atoms with E-state index in [2.05, 4.69) is 45.4 Å². The van der Waals surface area contributed by atoms with E-state index in [4.69, 9.17) is 0 Å². The topological polar surface area (TPSA) is 87.1 Å². The van der Waals surface area contributed by atoms with Crippen LogP contribution in [0.15, 0.2) is 24.5 Å². The van der Waals surface area contributed by atoms with Crippen LogP contribution < -0.4 is 4.90 Å². The number of benzene rings is 1. The van der Waals surface area contributed by atoms with Crippen LogP contribution in [0.3, 0.4) is 0 Å². The molecule has 4 heterocycles. The van der Waals surface area contributed by atoms with Crippen molar-refractivity contribution in [2.45, 2.75) is 71.8 Å². The summed E-state index contributed by atoms with van der Waals surface area (Å²) in [5.74, 6) is 1.50. The van der Waals surface area contributed by atoms with Gasteiger partial charge in [0.15, 0.2) is 5.82 Å². The van der Waals surface area contributed by atoms with E-state index in [1.54, 1.807) is 6.92 Å². The zero-order valence-electron chi connectivity index (χ0n) is 22.3. The van der Waals surface area contributed by atoms with Crippen molar-refractivity contribution in [1.82, 2.24) is 24.9 Å². The molecule has 2 aliphatic heterocycles. The number of aromatic nitrogens is 4. The van der Waals surface area contributed by atoms with Gasteiger partial charge in [0.1, 0.15) is 6.29 Å². The monoisotopic (exact) mass is 502 g/mol. The number of amides is 1. The first-order valence-corrected chi connectivity index (χ1v) is 13.6. The SMILES string of the molecule is CC(=O)N1CCc2[nH]nc(N3CCCc4cc(-c5cnn(C)c5)c(C)cc43)c2C1.O=CC1CCCCC1. The van der Waals surface area contributed by atoms with Crippen LogP contribution in [0.2, 0.25) is 0 Å². The number of rotatable bonds is 3. The Morgan fingerprint density at radius 2 is 1.92 bits per heavy atom. The second-order valence-electron chi connectivity index (χ2n) is 10.7. The summed E-state index contributed by atoms with van der Waals surface area (Å²) in [6.07, 6.45) is 14.2. The Morgan fingerprint density at radius 3 is 2.59 bits per heavy atom. The number of nitrogens with one attached hydrogen (secondary N) is 1. The highest BCUT2D eigenvalue weighted by Gasteiger charge is 2.29. The Morgan fingerprint density at radius 1 is 1.11 bits per heavy atom. The fourth-order valence-corrected chi connectivity index (χ4v) is 5.87. The summed E-state index contributed by atoms with van der Waals surface area (Å²) in [5, 5.41) is 12.2. The molecule has 37 heavy (non-hydrogen) atoms. The van der Waals surface area contributed by atoms with Crippen molar-refractivity contribution < 1.29 is 9.59 Å². The number of carbonyl (C=O) groups excluding carboxylic acids is 2. The van der Waals surface area contributed by atoms with Gasteiger partial charge in [-0.25, -0.2) is 0 Å². The van der Waals surface area contributed by atoms with Gasteiger partial charge in [-0.15, -0.1) is 0 Å². The zero-order valence-corrected chi connectivity index (χ0v) is 22.3. The lowest BCUT2D eigenvalue weighted by Crippen LogP contribution is -2.35. The summed E-state index contributed by atoms with van der Waals surface area (Å²) in [6.45, 7) is 6.14. The minimum atomic E-state index is 0.124. The molecule has 2 aromatic heterocycles. The molecule has 0 unspecified atom stereocenters. The van der Waals surface area contributed by atoms with Gasteiger partial charge in [-0.05, 0) is 61.4 Å². The number of aromatic amines is 1. The lowest BCUT2D eigenvalue weighted by molar-refractivity contribution is -0.129. The molecular formula is C29H38N6O2. The van der Waals surface area contributed by atoms with E-state index in [9.17, 15) is 9.59 Å². The summed E-state index contributed by atoms with van der Waals surface area (Å²) in [6, 6.07) is 4.60. The number of aldehydes is 1. The van der Waals surface area contributed by atoms with Crippen LogP contribution in [0.5, 0.6) is 0 Å². The average molecular weight is 503 g/mol. The van der Waals surface area contributed by atoms with Gasteiger partial charge in [-0.1, -0.05) is 19.3 Å². The molecule has 1 N–H and O–H groups in total. The minimum absolute atomic E-state index is 0.124. The Bertz CT molecular complexity index is 1270. The second kappa shape index (κ2) is 10.9. The van der Waals surface area contributed by atoms with E-state index in [1.807, 2.05) is 22.8 Å². The zero-order chi connectivity index (χ0) is 25.9. The summed E-state index contributed by atoms with van der Waals surface area (Å²) in [7, 11) is 1.95. The Labute approximate surface area is 219 Å². The Balaban J connectivity index is 0.000000301. The molecule has 6 rings (SSSR count). The van der Waals surface area contributed by atoms with Gasteiger partial charge in [-0.2, -0.15) is 10.2 Å². The van der Waals surface area contributed by atoms with E-state index in [1.165, 1.54) is 41.6 Å². The molecule has 196 valence electrons. The van der Waals surface area contributed by atoms with Crippen LogP contribution in [0.25, 0.3) is 11.1 Å². The standard InChI is InChI=1S/C22H26N6O.C7H12O/c1-14-9-21-16(10-18(14)17-11-23-26(3)12-17)5-4-7-28(21)22-19-13-27(15(2)29)8-6-20(19)24-25-22;8-6-7-4-2-1-3-5-7/h9-12H,4-8,13H2,1-3H3,(H,24,25);6-7H,1-5H2. The smallest absolute Gasteiger partial charge is 0.219 e. The average Bonchev–Trinajstić information content (AvgIpc) is 3.54. The molecule has 0 saturated heterocycles. The highest BCUT2D eigenvalue weighted by molar-refractivity contribution is 5.77. The van der Waals surface area contributed by atoms with Crippen molar-refractivity contribution in [3.8, 4) is 11.1 Å². The largest absolute Gasteiger partial charge is 0.338 e. The van der Waals surface area contributed by atoms with Crippen LogP contribution in [-0.4, -0.2) is 50.2 Å². The number of hydrogen-bond acceptors (Lipinski definition) is 5. The number of fused-ring (bicyclic) bond motifs is 2. The first-order valence-electron chi connectivity index (χ1n) is 13.6. The van der Waals surface area contributed by atoms with Crippen LogP contribution in [0.1, 0.15) is 67.8 Å². The maximum Gasteiger partial charge on any atom is 0.219 e. The first-order chi connectivity index (χ1) is 17.9. The molecule has 0 bridgehead atoms. The predicted molar refractivity (Wildman–Crippen MR) is 145 cm³/mol. The van der Waals surface area contributed by atoms with Gasteiger partial charge in [0.2, 0.25) is 5.91 Å². The molecule has 1 saturated carbocycles. The molecular weight excluding hydrogens is 464 g/mol. The molecule has 0 radical (unpaired) electrons. The third-order valence-corrected chi connectivity index (χ3v) is 8.02. The summed E-state index contributed by atoms with van der Waals surface area (Å²) in [5.41, 5.74) is 8.53. The van der Waals surface area contributed by atoms with E-state index >= 15 is 0 Å². The summed E-state index contributed by atoms with van der Waals surface area (Å²) in [4.78, 5) is 26.3. The predicted octanol–water partition coefficient (Wildman–Crippen LogP) is 4.87. The van der Waals surface area contributed by atoms with E-state index in [0.29, 0.717) is 12.5 Å². The van der Waals surface area contributed by atoms with Gasteiger partial charge in [0.05, 0.1) is 12.7 Å². The van der Waals surface area contributed by atoms with Crippen molar-refractivity contribution in [3.63, 3.8) is 0 Å². The van der Waals surface area contributed by atoms with Gasteiger partial charge in [0.25, 0.3) is 0 Å². The van der Waals surface area contributed by atoms with Crippen LogP contribution in [0.4, 0.5) is 11.5 Å². The highest BCUT2D eigenvalue weighted by Crippen LogP contribution is 2.39. The normalized spacial score (nSPS) is 17.5. The lowest BCUT2D eigenvalue weighted by Gasteiger charge is -2.33. The van der Waals surface area contributed by atoms with Gasteiger partial charge in [0, 0.05) is 68.1 Å². The Kier molecular flexibility index (Phi) is 7.44. The number of anilines is 2. The molecule has 0 atom stereocenters. The summed E-state index contributed by atoms with van der Waals surface area (Å²) < 4.78 is 1.84. The second-order valence-corrected chi connectivity index (χ2v) is 10.7. The number of nitrogens with zero attached hydrogens (tertiary/aromatic N) is 5. The fraction of sp³-hybridized carbons (Fsp3) is 0.517. The number of carbonyl (C=O) groups is 2. The maximum absolute atomic E-state index is 11.9. The molecule has 1 amide bonds. The molecule has 3 aromatic rings. The van der Waals surface area contributed by atoms with E-state index in [-0.39, 0.29) is 5.91 Å². The molecule has 1 fully saturated rings. The maximum atomic E-state index is 11.9. The van der Waals surface area contributed by atoms with Crippen LogP contribution in [-0.2, 0) is 36.0 Å². The molecule has 0 spiro atoms. The summed E-state index contributed by atoms with van der Waals surface area (Å²) >= 11 is 0. The van der Waals surface area contributed by atoms with Crippen molar-refractivity contribution >= 4 is 23.7 Å². The van der Waals surface area contributed by atoms with Crippen LogP contribution >= 0.6 is 0 Å². The minimum Gasteiger partial charge on any atom is -0.338 e. The first kappa shape index (κ1) is 25.2. The van der Waals surface area contributed by atoms with Crippen molar-refractivity contribution in [1.29, 1.82) is 0 Å². The highest BCUT2D eigenvalue weighted by atomic mass is 16.2. The number of aryl methyl sites for hydroxylation is 3. The number of H-pyrrole nitrogens is 1. The fourth-order valence-electron chi connectivity index (χ4n) is 5.87. The van der Waals surface area contributed by atoms with E-state index < -0.39 is 0 Å². The molecule has 1 aromatic carbocycles. The van der Waals surface area contributed by atoms with Gasteiger partial charge in [-0.3, -0.25) is 14.6 Å². The number of hydrogen-bond donors (Lipinski definition) is 1. The molecule has 3 aliphatic rings. The third-order valence-electron chi connectivity index (χ3n) is 8.02. The van der Waals surface area contributed by atoms with Crippen molar-refractivity contribution in [2.75, 3.05) is 18.0 Å². The molecule has 8 heteroatoms. The van der Waals surface area contributed by atoms with Crippen LogP contribution in [0, 0.1) is 12.8 Å². The van der Waals surface area contributed by atoms with Gasteiger partial charge >= 0.3 is 0 Å². The third kappa shape index (κ3) is 5.33. The van der Waals surface area contributed by atoms with Crippen molar-refractivity contribution in [3.05, 3.63) is 46.9 Å². The molecule has 8 nitrogen and oxygen atoms in total. The van der Waals surface area contributed by atoms with E-state index in [0.717, 1.165) is 74.1 Å². The lowest BCUT2D eigenvalue weighted by atomic mass is 9.91. The Hall–Kier alpha value is -3.42. The van der Waals surface area contributed by atoms with Gasteiger partial charge < -0.3 is 14.6 Å². The quantitative estimate of drug-likeness (QED) is 0.516. The molecule has 1 aliphatic carbocycles. The van der Waals surface area contributed by atoms with Crippen molar-refractivity contribution in [2.24, 2.45) is 13.0 Å².